The molecule has 0 saturated carbocycles. The zero-order valence-corrected chi connectivity index (χ0v) is 11.2. The maximum absolute atomic E-state index is 5.78. The molecule has 4 heteroatoms. The Labute approximate surface area is 110 Å². The molecule has 0 spiro atoms. The fourth-order valence-electron chi connectivity index (χ4n) is 2.56. The van der Waals surface area contributed by atoms with Gasteiger partial charge in [0.05, 0.1) is 5.69 Å². The molecule has 1 fully saturated rings. The number of nitrogen functional groups attached to an aromatic ring is 1. The summed E-state index contributed by atoms with van der Waals surface area (Å²) in [4.78, 5) is 6.66. The van der Waals surface area contributed by atoms with E-state index in [0.29, 0.717) is 5.82 Å². The van der Waals surface area contributed by atoms with Crippen LogP contribution in [0.4, 0.5) is 11.5 Å². The quantitative estimate of drug-likeness (QED) is 0.785. The van der Waals surface area contributed by atoms with Gasteiger partial charge >= 0.3 is 0 Å². The average Bonchev–Trinajstić information content (AvgIpc) is 2.38. The van der Waals surface area contributed by atoms with E-state index in [9.17, 15) is 0 Å². The van der Waals surface area contributed by atoms with Crippen molar-refractivity contribution in [2.24, 2.45) is 0 Å². The van der Waals surface area contributed by atoms with Crippen LogP contribution in [0.2, 0.25) is 0 Å². The van der Waals surface area contributed by atoms with Crippen LogP contribution in [-0.2, 0) is 0 Å². The van der Waals surface area contributed by atoms with E-state index in [1.54, 1.807) is 6.20 Å². The lowest BCUT2D eigenvalue weighted by Crippen LogP contribution is -2.38. The molecule has 1 atom stereocenters. The van der Waals surface area contributed by atoms with Crippen molar-refractivity contribution in [3.63, 3.8) is 0 Å². The van der Waals surface area contributed by atoms with Gasteiger partial charge in [-0.1, -0.05) is 6.42 Å². The molecule has 100 valence electrons. The fourth-order valence-corrected chi connectivity index (χ4v) is 2.56. The molecule has 0 radical (unpaired) electrons. The third-order valence-corrected chi connectivity index (χ3v) is 3.72. The largest absolute Gasteiger partial charge is 0.382 e. The summed E-state index contributed by atoms with van der Waals surface area (Å²) in [5.74, 6) is 0.587. The highest BCUT2D eigenvalue weighted by Crippen LogP contribution is 2.17. The summed E-state index contributed by atoms with van der Waals surface area (Å²) in [6, 6.07) is 4.64. The molecule has 1 saturated heterocycles. The second-order valence-corrected chi connectivity index (χ2v) is 5.10. The molecule has 0 amide bonds. The first kappa shape index (κ1) is 13.1. The van der Waals surface area contributed by atoms with Crippen molar-refractivity contribution in [1.82, 2.24) is 9.88 Å². The summed E-state index contributed by atoms with van der Waals surface area (Å²) in [5, 5.41) is 3.35. The zero-order chi connectivity index (χ0) is 12.8. The first-order chi connectivity index (χ1) is 8.77. The van der Waals surface area contributed by atoms with Crippen LogP contribution in [0.1, 0.15) is 32.6 Å². The third-order valence-electron chi connectivity index (χ3n) is 3.72. The average molecular weight is 248 g/mol. The van der Waals surface area contributed by atoms with E-state index in [-0.39, 0.29) is 0 Å². The van der Waals surface area contributed by atoms with Crippen molar-refractivity contribution < 1.29 is 0 Å². The van der Waals surface area contributed by atoms with E-state index in [1.807, 2.05) is 12.1 Å². The molecule has 1 aliphatic rings. The van der Waals surface area contributed by atoms with Crippen LogP contribution in [-0.4, -0.2) is 35.6 Å². The number of pyridine rings is 1. The maximum Gasteiger partial charge on any atom is 0.146 e. The molecule has 2 heterocycles. The highest BCUT2D eigenvalue weighted by Gasteiger charge is 2.16. The van der Waals surface area contributed by atoms with Crippen LogP contribution >= 0.6 is 0 Å². The summed E-state index contributed by atoms with van der Waals surface area (Å²) in [6.07, 6.45) is 6.97. The van der Waals surface area contributed by atoms with Gasteiger partial charge in [-0.25, -0.2) is 4.98 Å². The molecule has 0 aromatic carbocycles. The highest BCUT2D eigenvalue weighted by atomic mass is 15.2. The fraction of sp³-hybridized carbons (Fsp3) is 0.643. The van der Waals surface area contributed by atoms with Crippen molar-refractivity contribution in [1.29, 1.82) is 0 Å². The van der Waals surface area contributed by atoms with Gasteiger partial charge in [0, 0.05) is 25.3 Å². The lowest BCUT2D eigenvalue weighted by molar-refractivity contribution is 0.160. The normalized spacial score (nSPS) is 20.8. The third kappa shape index (κ3) is 3.60. The Morgan fingerprint density at radius 3 is 3.17 bits per heavy atom. The molecule has 1 unspecified atom stereocenters. The summed E-state index contributed by atoms with van der Waals surface area (Å²) in [5.41, 5.74) is 6.73. The van der Waals surface area contributed by atoms with Crippen LogP contribution in [0, 0.1) is 0 Å². The van der Waals surface area contributed by atoms with E-state index in [0.717, 1.165) is 24.7 Å². The Morgan fingerprint density at radius 2 is 2.39 bits per heavy atom. The van der Waals surface area contributed by atoms with Gasteiger partial charge < -0.3 is 16.0 Å². The summed E-state index contributed by atoms with van der Waals surface area (Å²) in [7, 11) is 0. The number of rotatable bonds is 5. The van der Waals surface area contributed by atoms with Gasteiger partial charge in [-0.3, -0.25) is 0 Å². The van der Waals surface area contributed by atoms with E-state index in [4.69, 9.17) is 5.73 Å². The van der Waals surface area contributed by atoms with Crippen molar-refractivity contribution in [3.8, 4) is 0 Å². The Hall–Kier alpha value is -1.29. The van der Waals surface area contributed by atoms with Gasteiger partial charge in [-0.15, -0.1) is 0 Å². The molecule has 0 bridgehead atoms. The highest BCUT2D eigenvalue weighted by molar-refractivity contribution is 5.60. The molecule has 18 heavy (non-hydrogen) atoms. The van der Waals surface area contributed by atoms with Gasteiger partial charge in [0.15, 0.2) is 0 Å². The van der Waals surface area contributed by atoms with Crippen LogP contribution in [0.15, 0.2) is 18.3 Å². The number of nitrogens with one attached hydrogen (secondary N) is 1. The number of likely N-dealkylation sites (tertiary alicyclic amines) is 1. The van der Waals surface area contributed by atoms with E-state index < -0.39 is 0 Å². The van der Waals surface area contributed by atoms with Crippen LogP contribution < -0.4 is 11.1 Å². The number of nitrogens with zero attached hydrogens (tertiary/aromatic N) is 2. The topological polar surface area (TPSA) is 54.2 Å². The van der Waals surface area contributed by atoms with Gasteiger partial charge in [-0.2, -0.15) is 0 Å². The Balaban J connectivity index is 1.68. The van der Waals surface area contributed by atoms with Gasteiger partial charge in [0.2, 0.25) is 0 Å². The van der Waals surface area contributed by atoms with E-state index >= 15 is 0 Å². The Morgan fingerprint density at radius 1 is 1.50 bits per heavy atom. The number of hydrogen-bond acceptors (Lipinski definition) is 4. The van der Waals surface area contributed by atoms with Gasteiger partial charge in [0.1, 0.15) is 5.82 Å². The van der Waals surface area contributed by atoms with Crippen LogP contribution in [0.5, 0.6) is 0 Å². The molecule has 1 aromatic heterocycles. The molecule has 4 nitrogen and oxygen atoms in total. The second-order valence-electron chi connectivity index (χ2n) is 5.10. The van der Waals surface area contributed by atoms with E-state index in [2.05, 4.69) is 22.1 Å². The Bertz CT molecular complexity index is 367. The van der Waals surface area contributed by atoms with Crippen molar-refractivity contribution in [2.45, 2.75) is 38.6 Å². The maximum atomic E-state index is 5.78. The molecule has 1 aliphatic heterocycles. The van der Waals surface area contributed by atoms with Crippen molar-refractivity contribution in [3.05, 3.63) is 18.3 Å². The van der Waals surface area contributed by atoms with Crippen LogP contribution in [0.25, 0.3) is 0 Å². The molecule has 1 aromatic rings. The lowest BCUT2D eigenvalue weighted by Gasteiger charge is -2.33. The SMILES string of the molecule is CC1CCCCN1CCCNc1cccnc1N. The molecule has 2 rings (SSSR count). The number of anilines is 2. The Kier molecular flexibility index (Phi) is 4.81. The predicted octanol–water partition coefficient (Wildman–Crippen LogP) is 2.34. The minimum absolute atomic E-state index is 0.587. The standard InChI is InChI=1S/C14H24N4/c1-12-6-2-3-10-18(12)11-5-9-16-13-7-4-8-17-14(13)15/h4,7-8,12,16H,2-3,5-6,9-11H2,1H3,(H2,15,17). The smallest absolute Gasteiger partial charge is 0.146 e. The number of nitrogens with two attached hydrogens (primary N) is 1. The van der Waals surface area contributed by atoms with Gasteiger partial charge in [0.25, 0.3) is 0 Å². The van der Waals surface area contributed by atoms with Crippen molar-refractivity contribution >= 4 is 11.5 Å². The second kappa shape index (κ2) is 6.59. The molecule has 3 N–H and O–H groups in total. The number of piperidine rings is 1. The molecular formula is C14H24N4. The summed E-state index contributed by atoms with van der Waals surface area (Å²) < 4.78 is 0. The van der Waals surface area contributed by atoms with Crippen LogP contribution in [0.3, 0.4) is 0 Å². The summed E-state index contributed by atoms with van der Waals surface area (Å²) in [6.45, 7) is 5.73. The van der Waals surface area contributed by atoms with Crippen molar-refractivity contribution in [2.75, 3.05) is 30.7 Å². The molecular weight excluding hydrogens is 224 g/mol. The zero-order valence-electron chi connectivity index (χ0n) is 11.2. The molecule has 0 aliphatic carbocycles. The van der Waals surface area contributed by atoms with E-state index in [1.165, 1.54) is 32.4 Å². The number of hydrogen-bond donors (Lipinski definition) is 2. The minimum atomic E-state index is 0.587. The first-order valence-electron chi connectivity index (χ1n) is 6.96. The lowest BCUT2D eigenvalue weighted by atomic mass is 10.0. The minimum Gasteiger partial charge on any atom is -0.382 e. The monoisotopic (exact) mass is 248 g/mol. The van der Waals surface area contributed by atoms with Gasteiger partial charge in [-0.05, 0) is 44.9 Å². The number of aromatic nitrogens is 1. The first-order valence-corrected chi connectivity index (χ1v) is 6.96. The summed E-state index contributed by atoms with van der Waals surface area (Å²) >= 11 is 0. The predicted molar refractivity (Wildman–Crippen MR) is 76.6 cm³/mol.